The van der Waals surface area contributed by atoms with Crippen molar-refractivity contribution in [2.45, 2.75) is 19.9 Å². The van der Waals surface area contributed by atoms with E-state index in [9.17, 15) is 9.59 Å². The maximum Gasteiger partial charge on any atom is 0.258 e. The van der Waals surface area contributed by atoms with Gasteiger partial charge in [0.25, 0.3) is 5.91 Å². The average molecular weight is 428 g/mol. The van der Waals surface area contributed by atoms with E-state index in [0.29, 0.717) is 17.1 Å². The Hall–Kier alpha value is -4.11. The molecule has 2 N–H and O–H groups in total. The Morgan fingerprint density at radius 2 is 1.75 bits per heavy atom. The number of hydrogen-bond acceptors (Lipinski definition) is 4. The molecule has 6 nitrogen and oxygen atoms in total. The smallest absolute Gasteiger partial charge is 0.258 e. The van der Waals surface area contributed by atoms with Crippen molar-refractivity contribution in [1.29, 1.82) is 0 Å². The lowest BCUT2D eigenvalue weighted by Gasteiger charge is -2.22. The van der Waals surface area contributed by atoms with Gasteiger partial charge in [-0.25, -0.2) is 4.98 Å². The van der Waals surface area contributed by atoms with E-state index in [2.05, 4.69) is 27.5 Å². The number of hydrogen-bond donors (Lipinski definition) is 2. The van der Waals surface area contributed by atoms with Crippen molar-refractivity contribution in [1.82, 2.24) is 10.3 Å². The van der Waals surface area contributed by atoms with Gasteiger partial charge in [0.1, 0.15) is 17.5 Å². The highest BCUT2D eigenvalue weighted by Crippen LogP contribution is 2.13. The van der Waals surface area contributed by atoms with Crippen LogP contribution in [0.2, 0.25) is 0 Å². The lowest BCUT2D eigenvalue weighted by molar-refractivity contribution is -0.128. The Morgan fingerprint density at radius 3 is 2.47 bits per heavy atom. The zero-order valence-electron chi connectivity index (χ0n) is 18.0. The van der Waals surface area contributed by atoms with Crippen LogP contribution in [0.5, 0.6) is 5.75 Å². The SMILES string of the molecule is CC(C)C(NC(=O)COc1ccccc1)C(=O)Nc1cccc(C#Cc2ccccn2)c1. The number of para-hydroxylation sites is 1. The van der Waals surface area contributed by atoms with Gasteiger partial charge < -0.3 is 15.4 Å². The highest BCUT2D eigenvalue weighted by atomic mass is 16.5. The van der Waals surface area contributed by atoms with Gasteiger partial charge in [-0.1, -0.05) is 50.1 Å². The fraction of sp³-hybridized carbons (Fsp3) is 0.192. The van der Waals surface area contributed by atoms with Crippen LogP contribution in [0.4, 0.5) is 5.69 Å². The standard InChI is InChI=1S/C26H25N3O3/c1-19(2)25(29-24(30)18-32-23-12-4-3-5-13-23)26(31)28-22-11-8-9-20(17-22)14-15-21-10-6-7-16-27-21/h3-13,16-17,19,25H,18H2,1-2H3,(H,28,31)(H,29,30). The average Bonchev–Trinajstić information content (AvgIpc) is 2.81. The maximum atomic E-state index is 12.8. The van der Waals surface area contributed by atoms with Crippen LogP contribution in [0.25, 0.3) is 0 Å². The summed E-state index contributed by atoms with van der Waals surface area (Å²) in [5.74, 6) is 5.85. The normalized spacial score (nSPS) is 11.1. The van der Waals surface area contributed by atoms with Gasteiger partial charge in [0.05, 0.1) is 0 Å². The van der Waals surface area contributed by atoms with Gasteiger partial charge in [0, 0.05) is 17.4 Å². The molecule has 0 aliphatic carbocycles. The number of nitrogens with zero attached hydrogens (tertiary/aromatic N) is 1. The van der Waals surface area contributed by atoms with Crippen LogP contribution in [-0.4, -0.2) is 29.4 Å². The molecule has 0 aliphatic rings. The molecule has 1 heterocycles. The van der Waals surface area contributed by atoms with E-state index in [4.69, 9.17) is 4.74 Å². The summed E-state index contributed by atoms with van der Waals surface area (Å²) in [4.78, 5) is 29.3. The molecule has 0 radical (unpaired) electrons. The molecule has 2 amide bonds. The second-order valence-corrected chi connectivity index (χ2v) is 7.43. The van der Waals surface area contributed by atoms with Crippen molar-refractivity contribution in [3.63, 3.8) is 0 Å². The minimum atomic E-state index is -0.704. The molecule has 1 atom stereocenters. The van der Waals surface area contributed by atoms with Crippen LogP contribution in [0, 0.1) is 17.8 Å². The summed E-state index contributed by atoms with van der Waals surface area (Å²) in [5.41, 5.74) is 2.01. The summed E-state index contributed by atoms with van der Waals surface area (Å²) in [6.07, 6.45) is 1.69. The molecule has 3 rings (SSSR count). The molecule has 162 valence electrons. The summed E-state index contributed by atoms with van der Waals surface area (Å²) < 4.78 is 5.46. The van der Waals surface area contributed by atoms with E-state index in [1.54, 1.807) is 30.5 Å². The molecule has 0 bridgehead atoms. The van der Waals surface area contributed by atoms with E-state index in [0.717, 1.165) is 5.56 Å². The molecule has 1 aromatic heterocycles. The van der Waals surface area contributed by atoms with Gasteiger partial charge in [-0.3, -0.25) is 9.59 Å². The Morgan fingerprint density at radius 1 is 0.969 bits per heavy atom. The minimum absolute atomic E-state index is 0.109. The number of ether oxygens (including phenoxy) is 1. The van der Waals surface area contributed by atoms with Gasteiger partial charge in [-0.05, 0) is 54.3 Å². The highest BCUT2D eigenvalue weighted by molar-refractivity contribution is 5.97. The molecule has 3 aromatic rings. The van der Waals surface area contributed by atoms with Gasteiger partial charge in [0.15, 0.2) is 6.61 Å². The number of nitrogens with one attached hydrogen (secondary N) is 2. The fourth-order valence-corrected chi connectivity index (χ4v) is 2.88. The van der Waals surface area contributed by atoms with E-state index < -0.39 is 6.04 Å². The first kappa shape index (κ1) is 22.6. The molecular formula is C26H25N3O3. The Bertz CT molecular complexity index is 1100. The number of carbonyl (C=O) groups excluding carboxylic acids is 2. The van der Waals surface area contributed by atoms with Gasteiger partial charge >= 0.3 is 0 Å². The number of aromatic nitrogens is 1. The number of pyridine rings is 1. The predicted octanol–water partition coefficient (Wildman–Crippen LogP) is 3.64. The number of carbonyl (C=O) groups is 2. The molecule has 1 unspecified atom stereocenters. The molecule has 0 spiro atoms. The van der Waals surface area contributed by atoms with Crippen LogP contribution >= 0.6 is 0 Å². The first-order valence-electron chi connectivity index (χ1n) is 10.3. The van der Waals surface area contributed by atoms with E-state index in [1.165, 1.54) is 0 Å². The highest BCUT2D eigenvalue weighted by Gasteiger charge is 2.24. The number of amides is 2. The Kier molecular flexibility index (Phi) is 7.99. The van der Waals surface area contributed by atoms with E-state index in [-0.39, 0.29) is 24.3 Å². The number of benzene rings is 2. The molecule has 0 saturated carbocycles. The summed E-state index contributed by atoms with van der Waals surface area (Å²) in [5, 5.41) is 5.62. The third-order valence-electron chi connectivity index (χ3n) is 4.51. The second-order valence-electron chi connectivity index (χ2n) is 7.43. The van der Waals surface area contributed by atoms with Crippen molar-refractivity contribution in [2.75, 3.05) is 11.9 Å². The third-order valence-corrected chi connectivity index (χ3v) is 4.51. The first-order valence-corrected chi connectivity index (χ1v) is 10.3. The van der Waals surface area contributed by atoms with Crippen LogP contribution < -0.4 is 15.4 Å². The molecular weight excluding hydrogens is 402 g/mol. The summed E-state index contributed by atoms with van der Waals surface area (Å²) in [6, 6.07) is 21.1. The monoisotopic (exact) mass is 427 g/mol. The number of rotatable bonds is 7. The van der Waals surface area contributed by atoms with Crippen LogP contribution in [0.3, 0.4) is 0 Å². The number of anilines is 1. The molecule has 0 aliphatic heterocycles. The molecule has 0 saturated heterocycles. The van der Waals surface area contributed by atoms with Crippen LogP contribution in [0.15, 0.2) is 79.0 Å². The van der Waals surface area contributed by atoms with Crippen LogP contribution in [0.1, 0.15) is 25.1 Å². The predicted molar refractivity (Wildman–Crippen MR) is 124 cm³/mol. The second kappa shape index (κ2) is 11.3. The quantitative estimate of drug-likeness (QED) is 0.564. The van der Waals surface area contributed by atoms with Crippen LogP contribution in [-0.2, 0) is 9.59 Å². The maximum absolute atomic E-state index is 12.8. The lowest BCUT2D eigenvalue weighted by atomic mass is 10.0. The van der Waals surface area contributed by atoms with Gasteiger partial charge in [-0.2, -0.15) is 0 Å². The van der Waals surface area contributed by atoms with Crippen molar-refractivity contribution < 1.29 is 14.3 Å². The Balaban J connectivity index is 1.60. The van der Waals surface area contributed by atoms with E-state index >= 15 is 0 Å². The topological polar surface area (TPSA) is 80.3 Å². The summed E-state index contributed by atoms with van der Waals surface area (Å²) in [6.45, 7) is 3.58. The van der Waals surface area contributed by atoms with Crippen molar-refractivity contribution in [3.05, 3.63) is 90.3 Å². The Labute approximate surface area is 188 Å². The van der Waals surface area contributed by atoms with E-state index in [1.807, 2.05) is 62.4 Å². The fourth-order valence-electron chi connectivity index (χ4n) is 2.88. The summed E-state index contributed by atoms with van der Waals surface area (Å²) in [7, 11) is 0. The molecule has 2 aromatic carbocycles. The third kappa shape index (κ3) is 6.99. The summed E-state index contributed by atoms with van der Waals surface area (Å²) >= 11 is 0. The van der Waals surface area contributed by atoms with Gasteiger partial charge in [0.2, 0.25) is 5.91 Å². The molecule has 32 heavy (non-hydrogen) atoms. The van der Waals surface area contributed by atoms with Crippen molar-refractivity contribution in [2.24, 2.45) is 5.92 Å². The molecule has 6 heteroatoms. The van der Waals surface area contributed by atoms with Crippen molar-refractivity contribution >= 4 is 17.5 Å². The van der Waals surface area contributed by atoms with Gasteiger partial charge in [-0.15, -0.1) is 0 Å². The van der Waals surface area contributed by atoms with Crippen molar-refractivity contribution in [3.8, 4) is 17.6 Å². The minimum Gasteiger partial charge on any atom is -0.484 e. The lowest BCUT2D eigenvalue weighted by Crippen LogP contribution is -2.48. The zero-order valence-corrected chi connectivity index (χ0v) is 18.0. The first-order chi connectivity index (χ1) is 15.5. The molecule has 0 fully saturated rings. The largest absolute Gasteiger partial charge is 0.484 e. The zero-order chi connectivity index (χ0) is 22.8.